The van der Waals surface area contributed by atoms with E-state index in [1.54, 1.807) is 17.0 Å². The van der Waals surface area contributed by atoms with E-state index in [-0.39, 0.29) is 25.0 Å². The van der Waals surface area contributed by atoms with Crippen molar-refractivity contribution in [2.75, 3.05) is 36.5 Å². The molecule has 0 aromatic heterocycles. The van der Waals surface area contributed by atoms with E-state index < -0.39 is 9.70 Å². The van der Waals surface area contributed by atoms with Gasteiger partial charge in [0.2, 0.25) is 5.91 Å². The molecule has 0 unspecified atom stereocenters. The van der Waals surface area contributed by atoms with Crippen molar-refractivity contribution in [1.82, 2.24) is 4.90 Å². The lowest BCUT2D eigenvalue weighted by Crippen LogP contribution is -2.46. The lowest BCUT2D eigenvalue weighted by Gasteiger charge is -2.31. The number of carbonyl (C=O) groups is 3. The molecule has 0 aliphatic carbocycles. The van der Waals surface area contributed by atoms with Crippen LogP contribution >= 0.6 is 34.8 Å². The van der Waals surface area contributed by atoms with Crippen molar-refractivity contribution in [2.45, 2.75) is 17.6 Å². The van der Waals surface area contributed by atoms with Crippen LogP contribution in [0, 0.1) is 0 Å². The molecule has 1 aromatic rings. The third-order valence-electron chi connectivity index (χ3n) is 3.83. The Morgan fingerprint density at radius 1 is 1.27 bits per heavy atom. The van der Waals surface area contributed by atoms with Crippen LogP contribution in [0.5, 0.6) is 5.75 Å². The van der Waals surface area contributed by atoms with Crippen molar-refractivity contribution in [3.05, 3.63) is 18.2 Å². The largest absolute Gasteiger partial charge is 0.482 e. The van der Waals surface area contributed by atoms with E-state index in [1.165, 1.54) is 11.0 Å². The van der Waals surface area contributed by atoms with Crippen LogP contribution in [0.15, 0.2) is 18.2 Å². The third kappa shape index (κ3) is 4.72. The van der Waals surface area contributed by atoms with Gasteiger partial charge in [0, 0.05) is 18.8 Å². The first-order chi connectivity index (χ1) is 12.2. The SMILES string of the molecule is CCN(CC)C(=O)CN1C(=O)COc2ccc(NC(=O)C(Cl)(Cl)Cl)cc21. The highest BCUT2D eigenvalue weighted by Crippen LogP contribution is 2.35. The Morgan fingerprint density at radius 3 is 2.50 bits per heavy atom. The summed E-state index contributed by atoms with van der Waals surface area (Å²) in [7, 11) is 0. The minimum Gasteiger partial charge on any atom is -0.482 e. The van der Waals surface area contributed by atoms with E-state index in [4.69, 9.17) is 39.5 Å². The summed E-state index contributed by atoms with van der Waals surface area (Å²) in [5, 5.41) is 2.44. The van der Waals surface area contributed by atoms with Gasteiger partial charge in [0.05, 0.1) is 5.69 Å². The Bertz CT molecular complexity index is 717. The molecule has 26 heavy (non-hydrogen) atoms. The Balaban J connectivity index is 2.28. The highest BCUT2D eigenvalue weighted by atomic mass is 35.6. The molecule has 2 rings (SSSR count). The number of nitrogens with one attached hydrogen (secondary N) is 1. The van der Waals surface area contributed by atoms with Crippen LogP contribution in [0.1, 0.15) is 13.8 Å². The molecule has 0 bridgehead atoms. The molecule has 10 heteroatoms. The summed E-state index contributed by atoms with van der Waals surface area (Å²) in [6.45, 7) is 4.51. The van der Waals surface area contributed by atoms with Gasteiger partial charge in [-0.1, -0.05) is 34.8 Å². The zero-order valence-corrected chi connectivity index (χ0v) is 16.5. The summed E-state index contributed by atoms with van der Waals surface area (Å²) in [5.74, 6) is -0.963. The van der Waals surface area contributed by atoms with Gasteiger partial charge in [-0.3, -0.25) is 19.3 Å². The normalized spacial score (nSPS) is 13.7. The molecule has 1 N–H and O–H groups in total. The second kappa shape index (κ2) is 8.33. The smallest absolute Gasteiger partial charge is 0.276 e. The number of hydrogen-bond acceptors (Lipinski definition) is 4. The van der Waals surface area contributed by atoms with Crippen LogP contribution in [0.25, 0.3) is 0 Å². The number of fused-ring (bicyclic) bond motifs is 1. The number of anilines is 2. The molecule has 142 valence electrons. The molecule has 1 aliphatic rings. The summed E-state index contributed by atoms with van der Waals surface area (Å²) < 4.78 is 3.26. The molecule has 0 spiro atoms. The Labute approximate surface area is 166 Å². The lowest BCUT2D eigenvalue weighted by molar-refractivity contribution is -0.131. The highest BCUT2D eigenvalue weighted by molar-refractivity contribution is 6.76. The molecule has 1 aromatic carbocycles. The molecule has 1 aliphatic heterocycles. The summed E-state index contributed by atoms with van der Waals surface area (Å²) in [4.78, 5) is 39.4. The zero-order chi connectivity index (χ0) is 19.5. The number of rotatable bonds is 5. The second-order valence-electron chi connectivity index (χ2n) is 5.47. The van der Waals surface area contributed by atoms with Gasteiger partial charge in [-0.05, 0) is 32.0 Å². The number of carbonyl (C=O) groups excluding carboxylic acids is 3. The molecule has 0 atom stereocenters. The monoisotopic (exact) mass is 421 g/mol. The van der Waals surface area contributed by atoms with Gasteiger partial charge in [-0.25, -0.2) is 0 Å². The van der Waals surface area contributed by atoms with Crippen molar-refractivity contribution in [1.29, 1.82) is 0 Å². The summed E-state index contributed by atoms with van der Waals surface area (Å²) in [5.41, 5.74) is 0.669. The maximum absolute atomic E-state index is 12.4. The molecular formula is C16H18Cl3N3O4. The fourth-order valence-electron chi connectivity index (χ4n) is 2.47. The first kappa shape index (κ1) is 20.6. The van der Waals surface area contributed by atoms with Gasteiger partial charge in [-0.2, -0.15) is 0 Å². The van der Waals surface area contributed by atoms with E-state index >= 15 is 0 Å². The molecule has 0 radical (unpaired) electrons. The predicted octanol–water partition coefficient (Wildman–Crippen LogP) is 2.59. The number of alkyl halides is 3. The second-order valence-corrected chi connectivity index (χ2v) is 7.75. The van der Waals surface area contributed by atoms with E-state index in [0.29, 0.717) is 30.2 Å². The number of hydrogen-bond donors (Lipinski definition) is 1. The maximum atomic E-state index is 12.4. The number of amides is 3. The first-order valence-corrected chi connectivity index (χ1v) is 9.03. The van der Waals surface area contributed by atoms with Crippen LogP contribution in [-0.2, 0) is 14.4 Å². The standard InChI is InChI=1S/C16H18Cl3N3O4/c1-3-21(4-2)13(23)8-22-11-7-10(20-15(25)16(17,18)19)5-6-12(11)26-9-14(22)24/h5-7H,3-4,8-9H2,1-2H3,(H,20,25). The third-order valence-corrected chi connectivity index (χ3v) is 4.34. The zero-order valence-electron chi connectivity index (χ0n) is 14.2. The van der Waals surface area contributed by atoms with Crippen molar-refractivity contribution in [3.8, 4) is 5.75 Å². The Kier molecular flexibility index (Phi) is 6.60. The van der Waals surface area contributed by atoms with Crippen molar-refractivity contribution in [3.63, 3.8) is 0 Å². The van der Waals surface area contributed by atoms with E-state index in [1.807, 2.05) is 13.8 Å². The topological polar surface area (TPSA) is 79.0 Å². The minimum atomic E-state index is -2.12. The Morgan fingerprint density at radius 2 is 1.92 bits per heavy atom. The van der Waals surface area contributed by atoms with Crippen molar-refractivity contribution < 1.29 is 19.1 Å². The van der Waals surface area contributed by atoms with Crippen molar-refractivity contribution in [2.24, 2.45) is 0 Å². The molecule has 1 heterocycles. The van der Waals surface area contributed by atoms with E-state index in [2.05, 4.69) is 5.32 Å². The predicted molar refractivity (Wildman–Crippen MR) is 101 cm³/mol. The molecule has 7 nitrogen and oxygen atoms in total. The fraction of sp³-hybridized carbons (Fsp3) is 0.438. The summed E-state index contributed by atoms with van der Waals surface area (Å²) in [6.07, 6.45) is 0. The maximum Gasteiger partial charge on any atom is 0.276 e. The molecule has 0 fully saturated rings. The van der Waals surface area contributed by atoms with Crippen LogP contribution in [0.3, 0.4) is 0 Å². The number of halogens is 3. The van der Waals surface area contributed by atoms with Crippen molar-refractivity contribution >= 4 is 63.9 Å². The Hall–Kier alpha value is -1.70. The summed E-state index contributed by atoms with van der Waals surface area (Å²) in [6, 6.07) is 4.62. The van der Waals surface area contributed by atoms with Crippen LogP contribution in [0.2, 0.25) is 0 Å². The van der Waals surface area contributed by atoms with Gasteiger partial charge in [0.1, 0.15) is 12.3 Å². The van der Waals surface area contributed by atoms with Gasteiger partial charge in [-0.15, -0.1) is 0 Å². The van der Waals surface area contributed by atoms with Crippen LogP contribution in [-0.4, -0.2) is 52.7 Å². The van der Waals surface area contributed by atoms with Gasteiger partial charge in [0.15, 0.2) is 6.61 Å². The number of ether oxygens (including phenoxy) is 1. The minimum absolute atomic E-state index is 0.126. The van der Waals surface area contributed by atoms with Crippen LogP contribution in [0.4, 0.5) is 11.4 Å². The molecule has 0 saturated heterocycles. The lowest BCUT2D eigenvalue weighted by atomic mass is 10.2. The molecule has 0 saturated carbocycles. The number of benzene rings is 1. The molecule has 3 amide bonds. The average Bonchev–Trinajstić information content (AvgIpc) is 2.57. The number of likely N-dealkylation sites (N-methyl/N-ethyl adjacent to an activating group) is 1. The summed E-state index contributed by atoms with van der Waals surface area (Å²) >= 11 is 16.6. The average molecular weight is 423 g/mol. The van der Waals surface area contributed by atoms with E-state index in [0.717, 1.165) is 0 Å². The fourth-order valence-corrected chi connectivity index (χ4v) is 2.61. The highest BCUT2D eigenvalue weighted by Gasteiger charge is 2.32. The molecular weight excluding hydrogens is 405 g/mol. The number of nitrogens with zero attached hydrogens (tertiary/aromatic N) is 2. The first-order valence-electron chi connectivity index (χ1n) is 7.90. The van der Waals surface area contributed by atoms with Gasteiger partial charge >= 0.3 is 0 Å². The van der Waals surface area contributed by atoms with Crippen LogP contribution < -0.4 is 15.0 Å². The quantitative estimate of drug-likeness (QED) is 0.740. The van der Waals surface area contributed by atoms with Gasteiger partial charge in [0.25, 0.3) is 15.6 Å². The van der Waals surface area contributed by atoms with E-state index in [9.17, 15) is 14.4 Å². The van der Waals surface area contributed by atoms with Gasteiger partial charge < -0.3 is 15.0 Å².